The van der Waals surface area contributed by atoms with Gasteiger partial charge in [0.15, 0.2) is 0 Å². The van der Waals surface area contributed by atoms with E-state index in [2.05, 4.69) is 4.90 Å². The molecule has 0 aliphatic carbocycles. The van der Waals surface area contributed by atoms with Crippen molar-refractivity contribution in [3.8, 4) is 17.2 Å². The van der Waals surface area contributed by atoms with E-state index in [4.69, 9.17) is 18.9 Å². The van der Waals surface area contributed by atoms with Gasteiger partial charge in [0, 0.05) is 29.8 Å². The molecule has 0 spiro atoms. The van der Waals surface area contributed by atoms with Crippen LogP contribution in [0.25, 0.3) is 10.9 Å². The Bertz CT molecular complexity index is 1800. The van der Waals surface area contributed by atoms with Crippen LogP contribution in [0.2, 0.25) is 0 Å². The fourth-order valence-electron chi connectivity index (χ4n) is 5.53. The Labute approximate surface area is 256 Å². The quantitative estimate of drug-likeness (QED) is 0.189. The van der Waals surface area contributed by atoms with Gasteiger partial charge in [-0.1, -0.05) is 42.5 Å². The number of carbonyl (C=O) groups excluding carboxylic acids is 2. The molecule has 0 fully saturated rings. The van der Waals surface area contributed by atoms with E-state index >= 15 is 0 Å². The van der Waals surface area contributed by atoms with E-state index < -0.39 is 0 Å². The summed E-state index contributed by atoms with van der Waals surface area (Å²) < 4.78 is 24.7. The van der Waals surface area contributed by atoms with Gasteiger partial charge >= 0.3 is 5.97 Å². The number of hydrogen-bond donors (Lipinski definition) is 0. The first-order valence-corrected chi connectivity index (χ1v) is 14.5. The van der Waals surface area contributed by atoms with Gasteiger partial charge in [-0.05, 0) is 66.6 Å². The zero-order chi connectivity index (χ0) is 30.6. The first kappa shape index (κ1) is 28.9. The summed E-state index contributed by atoms with van der Waals surface area (Å²) in [7, 11) is 3.66. The van der Waals surface area contributed by atoms with E-state index in [1.165, 1.54) is 0 Å². The van der Waals surface area contributed by atoms with Crippen molar-refractivity contribution in [3.63, 3.8) is 0 Å². The van der Waals surface area contributed by atoms with Crippen LogP contribution in [0.3, 0.4) is 0 Å². The van der Waals surface area contributed by atoms with Crippen LogP contribution in [0.1, 0.15) is 27.2 Å². The third kappa shape index (κ3) is 6.10. The normalized spacial score (nSPS) is 14.1. The van der Waals surface area contributed by atoms with E-state index in [1.54, 1.807) is 35.9 Å². The van der Waals surface area contributed by atoms with Crippen molar-refractivity contribution in [2.24, 2.45) is 0 Å². The minimum Gasteiger partial charge on any atom is -0.497 e. The molecule has 1 unspecified atom stereocenters. The monoisotopic (exact) mass is 590 g/mol. The van der Waals surface area contributed by atoms with Crippen molar-refractivity contribution in [2.45, 2.75) is 26.1 Å². The highest BCUT2D eigenvalue weighted by molar-refractivity contribution is 6.04. The molecule has 0 saturated carbocycles. The second-order valence-electron chi connectivity index (χ2n) is 10.9. The van der Waals surface area contributed by atoms with E-state index in [1.807, 2.05) is 86.8 Å². The highest BCUT2D eigenvalue weighted by Gasteiger charge is 2.25. The summed E-state index contributed by atoms with van der Waals surface area (Å²) in [6.07, 6.45) is -0.0328. The molecular weight excluding hydrogens is 556 g/mol. The number of hydrogen-bond acceptors (Lipinski definition) is 7. The van der Waals surface area contributed by atoms with E-state index in [0.717, 1.165) is 44.9 Å². The number of methoxy groups -OCH3 is 1. The molecule has 2 heterocycles. The summed E-state index contributed by atoms with van der Waals surface area (Å²) in [5.41, 5.74) is 4.79. The molecule has 0 bridgehead atoms. The van der Waals surface area contributed by atoms with Crippen molar-refractivity contribution in [1.82, 2.24) is 4.57 Å². The Morgan fingerprint density at radius 2 is 1.68 bits per heavy atom. The number of rotatable bonds is 9. The molecule has 0 amide bonds. The second-order valence-corrected chi connectivity index (χ2v) is 10.9. The molecule has 0 saturated heterocycles. The number of aromatic nitrogens is 1. The second kappa shape index (κ2) is 12.6. The molecule has 0 radical (unpaired) electrons. The fraction of sp³-hybridized carbons (Fsp3) is 0.222. The van der Waals surface area contributed by atoms with Crippen LogP contribution >= 0.6 is 0 Å². The van der Waals surface area contributed by atoms with E-state index in [-0.39, 0.29) is 31.0 Å². The number of carbonyl (C=O) groups is 2. The van der Waals surface area contributed by atoms with Crippen LogP contribution in [0.4, 0.5) is 5.69 Å². The molecular formula is C36H34N2O6. The number of aryl methyl sites for hydroxylation is 1. The summed E-state index contributed by atoms with van der Waals surface area (Å²) in [5, 5.41) is 0.854. The molecule has 8 nitrogen and oxygen atoms in total. The zero-order valence-electron chi connectivity index (χ0n) is 25.0. The highest BCUT2D eigenvalue weighted by Crippen LogP contribution is 2.35. The molecule has 8 heteroatoms. The average molecular weight is 591 g/mol. The number of ether oxygens (including phenoxy) is 4. The lowest BCUT2D eigenvalue weighted by Gasteiger charge is -2.33. The first-order chi connectivity index (χ1) is 21.4. The van der Waals surface area contributed by atoms with Crippen molar-refractivity contribution in [3.05, 3.63) is 119 Å². The van der Waals surface area contributed by atoms with Gasteiger partial charge in [-0.15, -0.1) is 0 Å². The van der Waals surface area contributed by atoms with Crippen molar-refractivity contribution in [1.29, 1.82) is 0 Å². The van der Waals surface area contributed by atoms with E-state index in [9.17, 15) is 9.59 Å². The van der Waals surface area contributed by atoms with Gasteiger partial charge < -0.3 is 23.8 Å². The molecule has 1 aliphatic heterocycles. The Morgan fingerprint density at radius 1 is 0.909 bits per heavy atom. The molecule has 1 aromatic heterocycles. The predicted molar refractivity (Wildman–Crippen MR) is 169 cm³/mol. The molecule has 6 rings (SSSR count). The van der Waals surface area contributed by atoms with Gasteiger partial charge in [0.25, 0.3) is 5.91 Å². The van der Waals surface area contributed by atoms with E-state index in [0.29, 0.717) is 24.5 Å². The van der Waals surface area contributed by atoms with Crippen LogP contribution in [-0.2, 0) is 22.6 Å². The summed E-state index contributed by atoms with van der Waals surface area (Å²) in [6.45, 7) is 3.15. The third-order valence-electron chi connectivity index (χ3n) is 7.79. The zero-order valence-corrected chi connectivity index (χ0v) is 25.0. The molecule has 5 aromatic rings. The minimum atomic E-state index is -0.316. The van der Waals surface area contributed by atoms with Crippen molar-refractivity contribution < 1.29 is 28.5 Å². The number of benzene rings is 4. The number of likely N-dealkylation sites (N-methyl/N-ethyl adjacent to an activating group) is 1. The van der Waals surface area contributed by atoms with Crippen LogP contribution in [-0.4, -0.2) is 49.9 Å². The summed E-state index contributed by atoms with van der Waals surface area (Å²) in [5.74, 6) is 1.75. The molecule has 44 heavy (non-hydrogen) atoms. The van der Waals surface area contributed by atoms with Crippen LogP contribution in [0, 0.1) is 6.92 Å². The maximum atomic E-state index is 13.6. The van der Waals surface area contributed by atoms with Crippen molar-refractivity contribution >= 4 is 28.5 Å². The van der Waals surface area contributed by atoms with Gasteiger partial charge in [-0.25, -0.2) is 0 Å². The lowest BCUT2D eigenvalue weighted by atomic mass is 10.1. The Balaban J connectivity index is 1.10. The molecule has 1 atom stereocenters. The molecule has 0 N–H and O–H groups in total. The number of anilines is 1. The summed E-state index contributed by atoms with van der Waals surface area (Å²) in [6, 6.07) is 30.1. The SMILES string of the molecule is COc1ccc2c(c1)N(C)CC(COc1ccc(C(=O)n3c(C)cc4c(CC(=O)OCc5ccccc5)cccc43)cc1)O2. The van der Waals surface area contributed by atoms with Gasteiger partial charge in [0.1, 0.15) is 36.6 Å². The smallest absolute Gasteiger partial charge is 0.310 e. The topological polar surface area (TPSA) is 79.2 Å². The maximum Gasteiger partial charge on any atom is 0.310 e. The standard InChI is InChI=1S/C36H34N2O6/c1-24-18-31-27(19-35(39)43-22-25-8-5-4-6-9-25)10-7-11-32(31)38(24)36(40)26-12-14-28(15-13-26)42-23-30-21-37(2)33-20-29(41-3)16-17-34(33)44-30/h4-18,20,30H,19,21-23H2,1-3H3. The molecule has 224 valence electrons. The molecule has 4 aromatic carbocycles. The Morgan fingerprint density at radius 3 is 2.45 bits per heavy atom. The van der Waals surface area contributed by atoms with Crippen LogP contribution in [0.5, 0.6) is 17.2 Å². The number of esters is 1. The largest absolute Gasteiger partial charge is 0.497 e. The predicted octanol–water partition coefficient (Wildman–Crippen LogP) is 6.21. The Hall–Kier alpha value is -5.24. The summed E-state index contributed by atoms with van der Waals surface area (Å²) >= 11 is 0. The van der Waals surface area contributed by atoms with Gasteiger partial charge in [-0.2, -0.15) is 0 Å². The van der Waals surface area contributed by atoms with Crippen LogP contribution < -0.4 is 19.1 Å². The minimum absolute atomic E-state index is 0.119. The summed E-state index contributed by atoms with van der Waals surface area (Å²) in [4.78, 5) is 28.4. The lowest BCUT2D eigenvalue weighted by molar-refractivity contribution is -0.144. The van der Waals surface area contributed by atoms with Gasteiger partial charge in [0.2, 0.25) is 0 Å². The maximum absolute atomic E-state index is 13.6. The Kier molecular flexibility index (Phi) is 8.23. The van der Waals surface area contributed by atoms with Crippen molar-refractivity contribution in [2.75, 3.05) is 32.2 Å². The average Bonchev–Trinajstić information content (AvgIpc) is 3.39. The first-order valence-electron chi connectivity index (χ1n) is 14.5. The fourth-order valence-corrected chi connectivity index (χ4v) is 5.53. The lowest BCUT2D eigenvalue weighted by Crippen LogP contribution is -2.41. The van der Waals surface area contributed by atoms with Crippen LogP contribution in [0.15, 0.2) is 97.1 Å². The highest BCUT2D eigenvalue weighted by atomic mass is 16.5. The number of nitrogens with zero attached hydrogens (tertiary/aromatic N) is 2. The number of fused-ring (bicyclic) bond motifs is 2. The van der Waals surface area contributed by atoms with Gasteiger partial charge in [0.05, 0.1) is 31.3 Å². The third-order valence-corrected chi connectivity index (χ3v) is 7.79. The molecule has 1 aliphatic rings. The van der Waals surface area contributed by atoms with Gasteiger partial charge in [-0.3, -0.25) is 14.2 Å².